The molecular weight excluding hydrogens is 202 g/mol. The van der Waals surface area contributed by atoms with Crippen LogP contribution < -0.4 is 11.1 Å². The maximum atomic E-state index is 11.7. The molecule has 4 nitrogen and oxygen atoms in total. The third-order valence-corrected chi connectivity index (χ3v) is 4.21. The number of amides is 2. The van der Waals surface area contributed by atoms with Gasteiger partial charge in [-0.2, -0.15) is 0 Å². The number of carbonyl (C=O) groups excluding carboxylic acids is 1. The molecule has 0 bridgehead atoms. The third kappa shape index (κ3) is 2.55. The van der Waals surface area contributed by atoms with Crippen LogP contribution in [0.15, 0.2) is 0 Å². The normalized spacial score (nSPS) is 26.5. The summed E-state index contributed by atoms with van der Waals surface area (Å²) in [4.78, 5) is 11.7. The maximum absolute atomic E-state index is 11.7. The van der Waals surface area contributed by atoms with Crippen molar-refractivity contribution in [2.24, 2.45) is 11.7 Å². The van der Waals surface area contributed by atoms with Crippen molar-refractivity contribution in [3.05, 3.63) is 0 Å². The van der Waals surface area contributed by atoms with Crippen molar-refractivity contribution in [1.29, 1.82) is 0 Å². The summed E-state index contributed by atoms with van der Waals surface area (Å²) in [5.74, 6) is 0.687. The number of hydrogen-bond acceptors (Lipinski definition) is 2. The van der Waals surface area contributed by atoms with Crippen LogP contribution in [0.5, 0.6) is 0 Å². The van der Waals surface area contributed by atoms with Crippen molar-refractivity contribution in [3.63, 3.8) is 0 Å². The monoisotopic (exact) mass is 226 g/mol. The molecule has 0 spiro atoms. The fourth-order valence-electron chi connectivity index (χ4n) is 3.17. The summed E-state index contributed by atoms with van der Waals surface area (Å²) in [6.45, 7) is 5.13. The van der Waals surface area contributed by atoms with Crippen molar-refractivity contribution < 1.29 is 9.28 Å². The van der Waals surface area contributed by atoms with E-state index in [0.29, 0.717) is 10.4 Å². The highest BCUT2D eigenvalue weighted by Crippen LogP contribution is 2.24. The van der Waals surface area contributed by atoms with Crippen molar-refractivity contribution in [3.8, 4) is 0 Å². The average molecular weight is 226 g/mol. The fourth-order valence-corrected chi connectivity index (χ4v) is 3.17. The summed E-state index contributed by atoms with van der Waals surface area (Å²) in [7, 11) is 0. The first-order valence-electron chi connectivity index (χ1n) is 6.60. The number of nitrogens with one attached hydrogen (secondary N) is 1. The molecule has 0 radical (unpaired) electrons. The molecule has 4 heteroatoms. The summed E-state index contributed by atoms with van der Waals surface area (Å²) in [5, 5.41) is 3.37. The molecule has 16 heavy (non-hydrogen) atoms. The predicted molar refractivity (Wildman–Crippen MR) is 63.9 cm³/mol. The van der Waals surface area contributed by atoms with E-state index in [2.05, 4.69) is 5.32 Å². The van der Waals surface area contributed by atoms with Crippen LogP contribution in [0.3, 0.4) is 0 Å². The van der Waals surface area contributed by atoms with Gasteiger partial charge in [0.2, 0.25) is 0 Å². The van der Waals surface area contributed by atoms with E-state index in [9.17, 15) is 4.79 Å². The summed E-state index contributed by atoms with van der Waals surface area (Å²) < 4.78 is 0.560. The molecule has 0 aromatic heterocycles. The minimum atomic E-state index is -0.0989. The van der Waals surface area contributed by atoms with Crippen LogP contribution in [-0.2, 0) is 0 Å². The fraction of sp³-hybridized carbons (Fsp3) is 0.917. The number of rotatable bonds is 2. The molecule has 0 aromatic rings. The Hall–Kier alpha value is -0.610. The third-order valence-electron chi connectivity index (χ3n) is 4.21. The van der Waals surface area contributed by atoms with E-state index in [1.165, 1.54) is 19.3 Å². The molecule has 2 saturated heterocycles. The van der Waals surface area contributed by atoms with Crippen molar-refractivity contribution in [2.45, 2.75) is 32.1 Å². The first-order chi connectivity index (χ1) is 7.73. The van der Waals surface area contributed by atoms with Crippen molar-refractivity contribution in [1.82, 2.24) is 5.32 Å². The second kappa shape index (κ2) is 5.15. The molecule has 2 aliphatic rings. The topological polar surface area (TPSA) is 55.1 Å². The zero-order valence-corrected chi connectivity index (χ0v) is 10.1. The molecule has 0 saturated carbocycles. The molecule has 0 aromatic carbocycles. The first kappa shape index (κ1) is 11.9. The quantitative estimate of drug-likeness (QED) is 0.692. The van der Waals surface area contributed by atoms with E-state index in [4.69, 9.17) is 5.73 Å². The molecule has 2 heterocycles. The van der Waals surface area contributed by atoms with Crippen molar-refractivity contribution in [2.75, 3.05) is 32.7 Å². The first-order valence-corrected chi connectivity index (χ1v) is 6.60. The molecule has 0 unspecified atom stereocenters. The molecule has 2 aliphatic heterocycles. The Balaban J connectivity index is 1.98. The van der Waals surface area contributed by atoms with Gasteiger partial charge >= 0.3 is 6.03 Å². The predicted octanol–water partition coefficient (Wildman–Crippen LogP) is 1.07. The number of quaternary nitrogens is 1. The Kier molecular flexibility index (Phi) is 3.82. The van der Waals surface area contributed by atoms with Gasteiger partial charge < -0.3 is 11.1 Å². The number of piperidine rings is 2. The van der Waals surface area contributed by atoms with Gasteiger partial charge in [-0.25, -0.2) is 9.28 Å². The summed E-state index contributed by atoms with van der Waals surface area (Å²) in [6.07, 6.45) is 5.99. The Morgan fingerprint density at radius 3 is 2.38 bits per heavy atom. The molecule has 2 amide bonds. The lowest BCUT2D eigenvalue weighted by molar-refractivity contribution is -0.858. The van der Waals surface area contributed by atoms with Crippen LogP contribution in [0.2, 0.25) is 0 Å². The second-order valence-corrected chi connectivity index (χ2v) is 5.37. The number of hydrogen-bond donors (Lipinski definition) is 2. The van der Waals surface area contributed by atoms with E-state index in [1.54, 1.807) is 0 Å². The number of nitrogens with two attached hydrogens (primary N) is 1. The number of urea groups is 1. The molecule has 2 fully saturated rings. The van der Waals surface area contributed by atoms with Gasteiger partial charge in [-0.15, -0.1) is 0 Å². The van der Waals surface area contributed by atoms with Crippen molar-refractivity contribution >= 4 is 6.03 Å². The van der Waals surface area contributed by atoms with E-state index in [-0.39, 0.29) is 6.03 Å². The largest absolute Gasteiger partial charge is 0.414 e. The van der Waals surface area contributed by atoms with Gasteiger partial charge in [0.05, 0.1) is 19.6 Å². The zero-order valence-electron chi connectivity index (χ0n) is 10.1. The SMILES string of the molecule is NC(=O)[N+]1(CC2CCNCC2)CCCCC1. The van der Waals surface area contributed by atoms with E-state index in [0.717, 1.165) is 45.6 Å². The highest BCUT2D eigenvalue weighted by Gasteiger charge is 2.38. The summed E-state index contributed by atoms with van der Waals surface area (Å²) in [5.41, 5.74) is 5.64. The van der Waals surface area contributed by atoms with Crippen LogP contribution in [0.1, 0.15) is 32.1 Å². The van der Waals surface area contributed by atoms with Gasteiger partial charge in [0.15, 0.2) is 0 Å². The number of carbonyl (C=O) groups is 1. The minimum Gasteiger partial charge on any atom is -0.319 e. The minimum absolute atomic E-state index is 0.0989. The van der Waals surface area contributed by atoms with Crippen LogP contribution in [0, 0.1) is 5.92 Å². The van der Waals surface area contributed by atoms with Crippen LogP contribution in [-0.4, -0.2) is 43.2 Å². The Morgan fingerprint density at radius 2 is 1.81 bits per heavy atom. The van der Waals surface area contributed by atoms with Gasteiger partial charge in [0.1, 0.15) is 0 Å². The Morgan fingerprint density at radius 1 is 1.19 bits per heavy atom. The van der Waals surface area contributed by atoms with Gasteiger partial charge in [0, 0.05) is 5.92 Å². The highest BCUT2D eigenvalue weighted by atomic mass is 16.2. The van der Waals surface area contributed by atoms with E-state index < -0.39 is 0 Å². The highest BCUT2D eigenvalue weighted by molar-refractivity contribution is 5.64. The van der Waals surface area contributed by atoms with E-state index >= 15 is 0 Å². The summed E-state index contributed by atoms with van der Waals surface area (Å²) >= 11 is 0. The molecule has 0 aliphatic carbocycles. The van der Waals surface area contributed by atoms with Gasteiger partial charge in [-0.05, 0) is 45.2 Å². The smallest absolute Gasteiger partial charge is 0.319 e. The maximum Gasteiger partial charge on any atom is 0.414 e. The molecule has 0 atom stereocenters. The lowest BCUT2D eigenvalue weighted by Crippen LogP contribution is -2.60. The van der Waals surface area contributed by atoms with Crippen LogP contribution in [0.25, 0.3) is 0 Å². The Labute approximate surface area is 97.8 Å². The number of likely N-dealkylation sites (tertiary alicyclic amines) is 1. The van der Waals surface area contributed by atoms with Gasteiger partial charge in [0.25, 0.3) is 0 Å². The van der Waals surface area contributed by atoms with Crippen LogP contribution in [0.4, 0.5) is 4.79 Å². The molecular formula is C12H24N3O+. The van der Waals surface area contributed by atoms with E-state index in [1.807, 2.05) is 0 Å². The van der Waals surface area contributed by atoms with Gasteiger partial charge in [-0.1, -0.05) is 0 Å². The molecule has 2 rings (SSSR count). The standard InChI is InChI=1S/C12H23N3O/c13-12(16)15(8-2-1-3-9-15)10-11-4-6-14-7-5-11/h11,14H,1-10H2,(H-,13,16)/p+1. The number of nitrogens with zero attached hydrogens (tertiary/aromatic N) is 1. The summed E-state index contributed by atoms with van der Waals surface area (Å²) in [6, 6.07) is -0.0989. The Bertz CT molecular complexity index is 243. The molecule has 92 valence electrons. The zero-order chi connectivity index (χ0) is 11.4. The van der Waals surface area contributed by atoms with Crippen LogP contribution >= 0.6 is 0 Å². The average Bonchev–Trinajstić information content (AvgIpc) is 2.31. The molecule has 3 N–H and O–H groups in total. The second-order valence-electron chi connectivity index (χ2n) is 5.37. The number of primary amides is 1. The van der Waals surface area contributed by atoms with Gasteiger partial charge in [-0.3, -0.25) is 0 Å². The lowest BCUT2D eigenvalue weighted by Gasteiger charge is -2.40. The lowest BCUT2D eigenvalue weighted by atomic mass is 9.95.